The molecule has 0 heterocycles. The number of carbonyl (C=O) groups is 1. The molecule has 0 radical (unpaired) electrons. The lowest BCUT2D eigenvalue weighted by atomic mass is 10.4. The highest BCUT2D eigenvalue weighted by Gasteiger charge is 1.86. The van der Waals surface area contributed by atoms with Gasteiger partial charge in [0, 0.05) is 5.02 Å². The zero-order chi connectivity index (χ0) is 7.98. The summed E-state index contributed by atoms with van der Waals surface area (Å²) in [6.07, 6.45) is 0. The molecule has 0 bridgehead atoms. The van der Waals surface area contributed by atoms with Crippen molar-refractivity contribution in [3.63, 3.8) is 0 Å². The quantitative estimate of drug-likeness (QED) is 0.569. The number of benzene rings is 1. The van der Waals surface area contributed by atoms with Gasteiger partial charge in [0.25, 0.3) is 0 Å². The summed E-state index contributed by atoms with van der Waals surface area (Å²) >= 11 is 5.40. The van der Waals surface area contributed by atoms with Crippen LogP contribution in [-0.2, 0) is 4.79 Å². The van der Waals surface area contributed by atoms with Crippen LogP contribution in [0.15, 0.2) is 24.3 Å². The summed E-state index contributed by atoms with van der Waals surface area (Å²) in [6.45, 7) is 2.00. The third-order valence-corrected chi connectivity index (χ3v) is 1.02. The normalized spacial score (nSPS) is 7.80. The van der Waals surface area contributed by atoms with E-state index in [1.165, 1.54) is 12.1 Å². The van der Waals surface area contributed by atoms with E-state index in [0.717, 1.165) is 0 Å². The van der Waals surface area contributed by atoms with Crippen LogP contribution in [0.4, 0.5) is 4.39 Å². The van der Waals surface area contributed by atoms with Crippen LogP contribution in [0.25, 0.3) is 0 Å². The second-order valence-electron chi connectivity index (χ2n) is 1.44. The first-order chi connectivity index (χ1) is 4.79. The Morgan fingerprint density at radius 2 is 2.00 bits per heavy atom. The van der Waals surface area contributed by atoms with Gasteiger partial charge in [-0.15, -0.1) is 0 Å². The Balaban J connectivity index is 0.000000371. The first-order valence-electron chi connectivity index (χ1n) is 2.49. The van der Waals surface area contributed by atoms with E-state index in [1.54, 1.807) is 12.1 Å². The number of hydrogen-bond donors (Lipinski definition) is 0. The highest BCUT2D eigenvalue weighted by atomic mass is 35.5. The third kappa shape index (κ3) is 3.20. The van der Waals surface area contributed by atoms with Crippen LogP contribution in [-0.4, -0.2) is 6.79 Å². The molecule has 0 fully saturated rings. The molecule has 0 atom stereocenters. The van der Waals surface area contributed by atoms with Crippen LogP contribution >= 0.6 is 11.6 Å². The van der Waals surface area contributed by atoms with E-state index in [-0.39, 0.29) is 5.82 Å². The van der Waals surface area contributed by atoms with E-state index < -0.39 is 0 Å². The standard InChI is InChI=1S/C6H4ClF.CH2O/c7-5-2-1-3-6(8)4-5;1-2/h1-4H;1H2. The Labute approximate surface area is 63.4 Å². The van der Waals surface area contributed by atoms with Gasteiger partial charge >= 0.3 is 0 Å². The van der Waals surface area contributed by atoms with Gasteiger partial charge in [0.05, 0.1) is 0 Å². The molecule has 0 unspecified atom stereocenters. The van der Waals surface area contributed by atoms with Crippen LogP contribution in [0.5, 0.6) is 0 Å². The monoisotopic (exact) mass is 160 g/mol. The molecule has 1 aromatic rings. The van der Waals surface area contributed by atoms with Crippen molar-refractivity contribution in [1.29, 1.82) is 0 Å². The summed E-state index contributed by atoms with van der Waals surface area (Å²) in [5, 5.41) is 0.435. The molecule has 0 aliphatic rings. The van der Waals surface area contributed by atoms with Crippen molar-refractivity contribution in [2.75, 3.05) is 0 Å². The smallest absolute Gasteiger partial charge is 0.124 e. The van der Waals surface area contributed by atoms with Crippen LogP contribution in [0.1, 0.15) is 0 Å². The van der Waals surface area contributed by atoms with E-state index in [0.29, 0.717) is 5.02 Å². The van der Waals surface area contributed by atoms with Crippen LogP contribution in [0.3, 0.4) is 0 Å². The zero-order valence-electron chi connectivity index (χ0n) is 5.18. The first kappa shape index (κ1) is 9.11. The molecule has 10 heavy (non-hydrogen) atoms. The maximum Gasteiger partial charge on any atom is 0.124 e. The summed E-state index contributed by atoms with van der Waals surface area (Å²) in [5.74, 6) is -0.294. The van der Waals surface area contributed by atoms with Crippen molar-refractivity contribution in [3.8, 4) is 0 Å². The third-order valence-electron chi connectivity index (χ3n) is 0.787. The molecule has 0 N–H and O–H groups in total. The molecule has 0 aliphatic heterocycles. The van der Waals surface area contributed by atoms with E-state index in [4.69, 9.17) is 16.4 Å². The van der Waals surface area contributed by atoms with Gasteiger partial charge in [0.15, 0.2) is 0 Å². The van der Waals surface area contributed by atoms with Gasteiger partial charge in [-0.25, -0.2) is 4.39 Å². The number of hydrogen-bond acceptors (Lipinski definition) is 1. The van der Waals surface area contributed by atoms with Crippen molar-refractivity contribution in [2.45, 2.75) is 0 Å². The van der Waals surface area contributed by atoms with Gasteiger partial charge in [0.2, 0.25) is 0 Å². The number of halogens is 2. The average Bonchev–Trinajstić information content (AvgIpc) is 1.91. The number of rotatable bonds is 0. The average molecular weight is 161 g/mol. The van der Waals surface area contributed by atoms with Crippen LogP contribution in [0.2, 0.25) is 5.02 Å². The van der Waals surface area contributed by atoms with Gasteiger partial charge < -0.3 is 4.79 Å². The molecule has 0 aliphatic carbocycles. The van der Waals surface area contributed by atoms with Crippen LogP contribution in [0, 0.1) is 5.82 Å². The molecular weight excluding hydrogens is 155 g/mol. The van der Waals surface area contributed by atoms with Crippen molar-refractivity contribution >= 4 is 18.4 Å². The summed E-state index contributed by atoms with van der Waals surface area (Å²) in [4.78, 5) is 8.00. The Morgan fingerprint density at radius 3 is 2.30 bits per heavy atom. The van der Waals surface area contributed by atoms with Gasteiger partial charge in [-0.05, 0) is 18.2 Å². The molecule has 1 nitrogen and oxygen atoms in total. The summed E-state index contributed by atoms with van der Waals surface area (Å²) in [5.41, 5.74) is 0. The Kier molecular flexibility index (Phi) is 4.50. The van der Waals surface area contributed by atoms with Gasteiger partial charge in [-0.1, -0.05) is 17.7 Å². The molecule has 1 aromatic carbocycles. The summed E-state index contributed by atoms with van der Waals surface area (Å²) < 4.78 is 12.1. The predicted molar refractivity (Wildman–Crippen MR) is 38.5 cm³/mol. The van der Waals surface area contributed by atoms with Gasteiger partial charge in [-0.2, -0.15) is 0 Å². The predicted octanol–water partition coefficient (Wildman–Crippen LogP) is 2.29. The molecular formula is C7H6ClFO. The molecule has 1 rings (SSSR count). The molecule has 0 saturated heterocycles. The fourth-order valence-corrected chi connectivity index (χ4v) is 0.637. The van der Waals surface area contributed by atoms with E-state index >= 15 is 0 Å². The second kappa shape index (κ2) is 4.94. The van der Waals surface area contributed by atoms with Crippen molar-refractivity contribution in [3.05, 3.63) is 35.1 Å². The highest BCUT2D eigenvalue weighted by molar-refractivity contribution is 6.30. The zero-order valence-corrected chi connectivity index (χ0v) is 5.94. The van der Waals surface area contributed by atoms with E-state index in [2.05, 4.69) is 0 Å². The van der Waals surface area contributed by atoms with Crippen molar-refractivity contribution < 1.29 is 9.18 Å². The fourth-order valence-electron chi connectivity index (χ4n) is 0.460. The minimum atomic E-state index is -0.294. The van der Waals surface area contributed by atoms with E-state index in [9.17, 15) is 4.39 Å². The molecule has 54 valence electrons. The maximum absolute atomic E-state index is 12.1. The van der Waals surface area contributed by atoms with Crippen LogP contribution < -0.4 is 0 Å². The minimum Gasteiger partial charge on any atom is -0.307 e. The lowest BCUT2D eigenvalue weighted by Gasteiger charge is -1.85. The van der Waals surface area contributed by atoms with E-state index in [1.807, 2.05) is 6.79 Å². The first-order valence-corrected chi connectivity index (χ1v) is 2.87. The molecule has 0 spiro atoms. The largest absolute Gasteiger partial charge is 0.307 e. The highest BCUT2D eigenvalue weighted by Crippen LogP contribution is 2.07. The summed E-state index contributed by atoms with van der Waals surface area (Å²) in [7, 11) is 0. The lowest BCUT2D eigenvalue weighted by molar-refractivity contribution is -0.0979. The summed E-state index contributed by atoms with van der Waals surface area (Å²) in [6, 6.07) is 5.82. The minimum absolute atomic E-state index is 0.294. The maximum atomic E-state index is 12.1. The number of carbonyl (C=O) groups excluding carboxylic acids is 1. The fraction of sp³-hybridized carbons (Fsp3) is 0. The van der Waals surface area contributed by atoms with Crippen molar-refractivity contribution in [1.82, 2.24) is 0 Å². The molecule has 0 amide bonds. The topological polar surface area (TPSA) is 17.1 Å². The Bertz CT molecular complexity index is 185. The lowest BCUT2D eigenvalue weighted by Crippen LogP contribution is -1.68. The molecule has 3 heteroatoms. The second-order valence-corrected chi connectivity index (χ2v) is 1.88. The van der Waals surface area contributed by atoms with Gasteiger partial charge in [0.1, 0.15) is 12.6 Å². The van der Waals surface area contributed by atoms with Crippen molar-refractivity contribution in [2.24, 2.45) is 0 Å². The molecule has 0 saturated carbocycles. The Hall–Kier alpha value is -0.890. The SMILES string of the molecule is C=O.Fc1cccc(Cl)c1. The molecule has 0 aromatic heterocycles. The Morgan fingerprint density at radius 1 is 1.40 bits per heavy atom. The van der Waals surface area contributed by atoms with Gasteiger partial charge in [-0.3, -0.25) is 0 Å².